The maximum Gasteiger partial charge on any atom is 0.270 e. The van der Waals surface area contributed by atoms with E-state index in [1.54, 1.807) is 18.3 Å². The maximum atomic E-state index is 12.7. The number of hydrogen-bond donors (Lipinski definition) is 2. The van der Waals surface area contributed by atoms with Gasteiger partial charge in [-0.1, -0.05) is 54.3 Å². The molecule has 1 heterocycles. The van der Waals surface area contributed by atoms with Gasteiger partial charge in [-0.15, -0.1) is 0 Å². The molecule has 2 N–H and O–H groups in total. The van der Waals surface area contributed by atoms with Crippen LogP contribution >= 0.6 is 0 Å². The summed E-state index contributed by atoms with van der Waals surface area (Å²) < 4.78 is 0. The molecular formula is C28H23N3O2. The van der Waals surface area contributed by atoms with Crippen LogP contribution in [0.5, 0.6) is 0 Å². The molecule has 0 saturated heterocycles. The summed E-state index contributed by atoms with van der Waals surface area (Å²) in [5.74, 6) is 5.50. The number of hydrazine groups is 1. The molecule has 2 amide bonds. The number of carbonyl (C=O) groups excluding carboxylic acids is 2. The number of nitrogens with zero attached hydrogens (tertiary/aromatic N) is 1. The minimum absolute atomic E-state index is 0.352. The highest BCUT2D eigenvalue weighted by Crippen LogP contribution is 2.15. The summed E-state index contributed by atoms with van der Waals surface area (Å²) in [5.41, 5.74) is 11.0. The number of pyridine rings is 1. The first-order chi connectivity index (χ1) is 15.9. The van der Waals surface area contributed by atoms with E-state index in [0.717, 1.165) is 38.7 Å². The number of nitrogens with one attached hydrogen (secondary N) is 2. The molecule has 4 aromatic rings. The highest BCUT2D eigenvalue weighted by molar-refractivity contribution is 6.00. The van der Waals surface area contributed by atoms with Gasteiger partial charge < -0.3 is 0 Å². The Labute approximate surface area is 192 Å². The third kappa shape index (κ3) is 4.91. The Bertz CT molecular complexity index is 1420. The van der Waals surface area contributed by atoms with Crippen molar-refractivity contribution < 1.29 is 9.59 Å². The van der Waals surface area contributed by atoms with Crippen molar-refractivity contribution in [3.05, 3.63) is 112 Å². The van der Waals surface area contributed by atoms with Gasteiger partial charge in [0.25, 0.3) is 11.8 Å². The van der Waals surface area contributed by atoms with Gasteiger partial charge in [0.2, 0.25) is 0 Å². The monoisotopic (exact) mass is 433 g/mol. The van der Waals surface area contributed by atoms with Crippen molar-refractivity contribution in [2.75, 3.05) is 0 Å². The molecular weight excluding hydrogens is 410 g/mol. The van der Waals surface area contributed by atoms with Gasteiger partial charge >= 0.3 is 0 Å². The molecule has 0 saturated carbocycles. The molecule has 1 aromatic heterocycles. The minimum atomic E-state index is -0.412. The predicted octanol–water partition coefficient (Wildman–Crippen LogP) is 4.63. The molecule has 0 atom stereocenters. The second-order valence-electron chi connectivity index (χ2n) is 7.87. The summed E-state index contributed by atoms with van der Waals surface area (Å²) in [6.07, 6.45) is 1.74. The van der Waals surface area contributed by atoms with Crippen molar-refractivity contribution in [3.63, 3.8) is 0 Å². The van der Waals surface area contributed by atoms with Crippen molar-refractivity contribution in [2.24, 2.45) is 0 Å². The van der Waals surface area contributed by atoms with Gasteiger partial charge in [-0.05, 0) is 61.7 Å². The van der Waals surface area contributed by atoms with Gasteiger partial charge in [0.1, 0.15) is 0 Å². The van der Waals surface area contributed by atoms with Crippen LogP contribution in [0, 0.1) is 32.6 Å². The molecule has 162 valence electrons. The Morgan fingerprint density at radius 1 is 0.758 bits per heavy atom. The van der Waals surface area contributed by atoms with Crippen LogP contribution in [-0.2, 0) is 0 Å². The van der Waals surface area contributed by atoms with E-state index in [2.05, 4.69) is 27.7 Å². The van der Waals surface area contributed by atoms with Crippen LogP contribution in [0.1, 0.15) is 48.5 Å². The molecule has 4 rings (SSSR count). The average Bonchev–Trinajstić information content (AvgIpc) is 2.81. The van der Waals surface area contributed by atoms with E-state index >= 15 is 0 Å². The number of aromatic nitrogens is 1. The zero-order valence-electron chi connectivity index (χ0n) is 18.7. The fourth-order valence-electron chi connectivity index (χ4n) is 3.60. The number of amides is 2. The van der Waals surface area contributed by atoms with E-state index in [1.807, 2.05) is 75.4 Å². The quantitative estimate of drug-likeness (QED) is 0.358. The third-order valence-corrected chi connectivity index (χ3v) is 5.43. The summed E-state index contributed by atoms with van der Waals surface area (Å²) >= 11 is 0. The number of fused-ring (bicyclic) bond motifs is 1. The molecule has 33 heavy (non-hydrogen) atoms. The number of carbonyl (C=O) groups is 2. The van der Waals surface area contributed by atoms with Crippen LogP contribution < -0.4 is 10.9 Å². The molecule has 0 bridgehead atoms. The fourth-order valence-corrected chi connectivity index (χ4v) is 3.60. The van der Waals surface area contributed by atoms with Crippen LogP contribution in [0.2, 0.25) is 0 Å². The maximum absolute atomic E-state index is 12.7. The summed E-state index contributed by atoms with van der Waals surface area (Å²) in [6.45, 7) is 5.66. The molecule has 5 nitrogen and oxygen atoms in total. The highest BCUT2D eigenvalue weighted by Gasteiger charge is 2.14. The molecule has 0 unspecified atom stereocenters. The molecule has 3 aromatic carbocycles. The van der Waals surface area contributed by atoms with Crippen LogP contribution in [0.4, 0.5) is 0 Å². The van der Waals surface area contributed by atoms with Crippen molar-refractivity contribution in [2.45, 2.75) is 20.8 Å². The first-order valence-corrected chi connectivity index (χ1v) is 10.6. The Balaban J connectivity index is 1.50. The summed E-state index contributed by atoms with van der Waals surface area (Å²) in [5, 5.41) is 1.02. The van der Waals surface area contributed by atoms with E-state index in [1.165, 1.54) is 0 Å². The SMILES string of the molecule is Cc1ccc(C(=O)NNC(=O)c2c(C)cccc2C)cc1C#Cc1cnc2ccccc2c1. The normalized spacial score (nSPS) is 10.3. The van der Waals surface area contributed by atoms with Crippen molar-refractivity contribution in [1.29, 1.82) is 0 Å². The number of aryl methyl sites for hydroxylation is 3. The standard InChI is InChI=1S/C28H23N3O2/c1-18-11-13-24(27(32)30-31-28(33)26-19(2)7-6-8-20(26)3)16-22(18)14-12-21-15-23-9-4-5-10-25(23)29-17-21/h4-11,13,15-17H,1-3H3,(H,30,32)(H,31,33). The Morgan fingerprint density at radius 3 is 2.27 bits per heavy atom. The number of para-hydroxylation sites is 1. The smallest absolute Gasteiger partial charge is 0.267 e. The first kappa shape index (κ1) is 21.8. The minimum Gasteiger partial charge on any atom is -0.267 e. The lowest BCUT2D eigenvalue weighted by Crippen LogP contribution is -2.42. The Hall–Kier alpha value is -4.43. The molecule has 0 radical (unpaired) electrons. The summed E-state index contributed by atoms with van der Waals surface area (Å²) in [7, 11) is 0. The highest BCUT2D eigenvalue weighted by atomic mass is 16.2. The lowest BCUT2D eigenvalue weighted by atomic mass is 10.0. The van der Waals surface area contributed by atoms with Crippen molar-refractivity contribution in [3.8, 4) is 11.8 Å². The molecule has 0 aliphatic heterocycles. The third-order valence-electron chi connectivity index (χ3n) is 5.43. The zero-order valence-corrected chi connectivity index (χ0v) is 18.7. The van der Waals surface area contributed by atoms with E-state index in [9.17, 15) is 9.59 Å². The molecule has 0 aliphatic carbocycles. The van der Waals surface area contributed by atoms with Gasteiger partial charge in [-0.2, -0.15) is 0 Å². The predicted molar refractivity (Wildman–Crippen MR) is 130 cm³/mol. The van der Waals surface area contributed by atoms with Crippen molar-refractivity contribution >= 4 is 22.7 Å². The average molecular weight is 434 g/mol. The van der Waals surface area contributed by atoms with Crippen molar-refractivity contribution in [1.82, 2.24) is 15.8 Å². The lowest BCUT2D eigenvalue weighted by Gasteiger charge is -2.11. The van der Waals surface area contributed by atoms with Gasteiger partial charge in [0.05, 0.1) is 5.52 Å². The lowest BCUT2D eigenvalue weighted by molar-refractivity contribution is 0.0846. The topological polar surface area (TPSA) is 71.1 Å². The Morgan fingerprint density at radius 2 is 1.48 bits per heavy atom. The zero-order chi connectivity index (χ0) is 23.4. The van der Waals surface area contributed by atoms with Gasteiger partial charge in [0.15, 0.2) is 0 Å². The number of benzene rings is 3. The second kappa shape index (κ2) is 9.37. The van der Waals surface area contributed by atoms with E-state index < -0.39 is 5.91 Å². The molecule has 0 fully saturated rings. The molecule has 5 heteroatoms. The largest absolute Gasteiger partial charge is 0.270 e. The van der Waals surface area contributed by atoms with Gasteiger partial charge in [-0.3, -0.25) is 25.4 Å². The van der Waals surface area contributed by atoms with Crippen LogP contribution in [0.3, 0.4) is 0 Å². The fraction of sp³-hybridized carbons (Fsp3) is 0.107. The van der Waals surface area contributed by atoms with Gasteiger partial charge in [0, 0.05) is 33.8 Å². The summed E-state index contributed by atoms with van der Waals surface area (Å²) in [4.78, 5) is 29.6. The number of hydrogen-bond acceptors (Lipinski definition) is 3. The second-order valence-corrected chi connectivity index (χ2v) is 7.87. The van der Waals surface area contributed by atoms with E-state index in [4.69, 9.17) is 0 Å². The number of rotatable bonds is 2. The van der Waals surface area contributed by atoms with Gasteiger partial charge in [-0.25, -0.2) is 0 Å². The van der Waals surface area contributed by atoms with E-state index in [-0.39, 0.29) is 5.91 Å². The first-order valence-electron chi connectivity index (χ1n) is 10.6. The summed E-state index contributed by atoms with van der Waals surface area (Å²) in [6, 6.07) is 20.7. The van der Waals surface area contributed by atoms with Crippen LogP contribution in [-0.4, -0.2) is 16.8 Å². The molecule has 0 spiro atoms. The van der Waals surface area contributed by atoms with E-state index in [0.29, 0.717) is 11.1 Å². The molecule has 0 aliphatic rings. The van der Waals surface area contributed by atoms with Crippen LogP contribution in [0.15, 0.2) is 72.9 Å². The Kier molecular flexibility index (Phi) is 6.19. The van der Waals surface area contributed by atoms with Crippen LogP contribution in [0.25, 0.3) is 10.9 Å².